The highest BCUT2D eigenvalue weighted by Crippen LogP contribution is 2.19. The van der Waals surface area contributed by atoms with Crippen LogP contribution in [0.3, 0.4) is 0 Å². The standard InChI is InChI=1S/C14H27N3O/c1-16-8-3-4-12(11-16)7-9-17(2)14(18)10-15-13-5-6-13/h12-13,15H,3-11H2,1-2H3. The first kappa shape index (κ1) is 13.8. The molecule has 1 N–H and O–H groups in total. The molecule has 0 aromatic carbocycles. The summed E-state index contributed by atoms with van der Waals surface area (Å²) < 4.78 is 0. The Bertz CT molecular complexity index is 278. The van der Waals surface area contributed by atoms with Crippen molar-refractivity contribution in [2.24, 2.45) is 5.92 Å². The molecule has 0 bridgehead atoms. The van der Waals surface area contributed by atoms with E-state index in [1.807, 2.05) is 11.9 Å². The highest BCUT2D eigenvalue weighted by Gasteiger charge is 2.22. The van der Waals surface area contributed by atoms with E-state index < -0.39 is 0 Å². The van der Waals surface area contributed by atoms with Crippen LogP contribution in [-0.2, 0) is 4.79 Å². The third kappa shape index (κ3) is 4.58. The van der Waals surface area contributed by atoms with Gasteiger partial charge < -0.3 is 15.1 Å². The van der Waals surface area contributed by atoms with E-state index >= 15 is 0 Å². The minimum atomic E-state index is 0.242. The number of hydrogen-bond acceptors (Lipinski definition) is 3. The second kappa shape index (κ2) is 6.53. The molecule has 4 heteroatoms. The molecule has 1 unspecified atom stereocenters. The summed E-state index contributed by atoms with van der Waals surface area (Å²) in [5, 5.41) is 3.28. The summed E-state index contributed by atoms with van der Waals surface area (Å²) in [6.07, 6.45) is 6.27. The minimum Gasteiger partial charge on any atom is -0.345 e. The van der Waals surface area contributed by atoms with E-state index in [1.165, 1.54) is 38.8 Å². The maximum Gasteiger partial charge on any atom is 0.236 e. The van der Waals surface area contributed by atoms with Crippen molar-refractivity contribution in [2.75, 3.05) is 40.3 Å². The largest absolute Gasteiger partial charge is 0.345 e. The monoisotopic (exact) mass is 253 g/mol. The number of carbonyl (C=O) groups is 1. The maximum atomic E-state index is 11.9. The summed E-state index contributed by atoms with van der Waals surface area (Å²) in [6, 6.07) is 0.620. The predicted octanol–water partition coefficient (Wildman–Crippen LogP) is 0.929. The number of rotatable bonds is 6. The fourth-order valence-corrected chi connectivity index (χ4v) is 2.66. The Hall–Kier alpha value is -0.610. The van der Waals surface area contributed by atoms with E-state index in [0.717, 1.165) is 18.9 Å². The number of hydrogen-bond donors (Lipinski definition) is 1. The Balaban J connectivity index is 1.60. The van der Waals surface area contributed by atoms with Gasteiger partial charge in [-0.1, -0.05) is 0 Å². The number of nitrogens with zero attached hydrogens (tertiary/aromatic N) is 2. The van der Waals surface area contributed by atoms with Crippen LogP contribution < -0.4 is 5.32 Å². The van der Waals surface area contributed by atoms with Crippen molar-refractivity contribution in [3.63, 3.8) is 0 Å². The number of carbonyl (C=O) groups excluding carboxylic acids is 1. The zero-order valence-electron chi connectivity index (χ0n) is 11.8. The van der Waals surface area contributed by atoms with Crippen molar-refractivity contribution in [3.05, 3.63) is 0 Å². The third-order valence-corrected chi connectivity index (χ3v) is 4.14. The average molecular weight is 253 g/mol. The van der Waals surface area contributed by atoms with Gasteiger partial charge >= 0.3 is 0 Å². The molecule has 0 aromatic heterocycles. The van der Waals surface area contributed by atoms with Crippen molar-refractivity contribution in [1.82, 2.24) is 15.1 Å². The lowest BCUT2D eigenvalue weighted by Crippen LogP contribution is -2.39. The minimum absolute atomic E-state index is 0.242. The van der Waals surface area contributed by atoms with Gasteiger partial charge in [-0.25, -0.2) is 0 Å². The molecule has 4 nitrogen and oxygen atoms in total. The zero-order valence-corrected chi connectivity index (χ0v) is 11.8. The molecule has 2 fully saturated rings. The van der Waals surface area contributed by atoms with Crippen LogP contribution in [0.4, 0.5) is 0 Å². The number of amides is 1. The lowest BCUT2D eigenvalue weighted by Gasteiger charge is -2.30. The molecule has 0 spiro atoms. The molecule has 1 amide bonds. The summed E-state index contributed by atoms with van der Waals surface area (Å²) in [4.78, 5) is 16.2. The zero-order chi connectivity index (χ0) is 13.0. The van der Waals surface area contributed by atoms with Crippen LogP contribution in [0.15, 0.2) is 0 Å². The number of nitrogens with one attached hydrogen (secondary N) is 1. The Morgan fingerprint density at radius 1 is 1.39 bits per heavy atom. The molecule has 1 atom stereocenters. The molecule has 2 aliphatic rings. The smallest absolute Gasteiger partial charge is 0.236 e. The van der Waals surface area contributed by atoms with Gasteiger partial charge in [0.2, 0.25) is 5.91 Å². The topological polar surface area (TPSA) is 35.6 Å². The molecule has 1 heterocycles. The molecule has 2 rings (SSSR count). The third-order valence-electron chi connectivity index (χ3n) is 4.14. The summed E-state index contributed by atoms with van der Waals surface area (Å²) >= 11 is 0. The lowest BCUT2D eigenvalue weighted by molar-refractivity contribution is -0.129. The molecule has 18 heavy (non-hydrogen) atoms. The van der Waals surface area contributed by atoms with Crippen LogP contribution >= 0.6 is 0 Å². The second-order valence-corrected chi connectivity index (χ2v) is 6.03. The Labute approximate surface area is 111 Å². The molecule has 1 aliphatic heterocycles. The Kier molecular flexibility index (Phi) is 5.01. The Morgan fingerprint density at radius 2 is 2.17 bits per heavy atom. The van der Waals surface area contributed by atoms with Crippen LogP contribution in [0, 0.1) is 5.92 Å². The van der Waals surface area contributed by atoms with Gasteiger partial charge in [0.05, 0.1) is 6.54 Å². The van der Waals surface area contributed by atoms with Crippen molar-refractivity contribution in [2.45, 2.75) is 38.1 Å². The molecule has 1 saturated heterocycles. The maximum absolute atomic E-state index is 11.9. The molecule has 0 radical (unpaired) electrons. The van der Waals surface area contributed by atoms with Gasteiger partial charge in [0.1, 0.15) is 0 Å². The van der Waals surface area contributed by atoms with E-state index in [0.29, 0.717) is 12.6 Å². The highest BCUT2D eigenvalue weighted by atomic mass is 16.2. The lowest BCUT2D eigenvalue weighted by atomic mass is 9.95. The van der Waals surface area contributed by atoms with Crippen LogP contribution in [0.2, 0.25) is 0 Å². The van der Waals surface area contributed by atoms with Crippen LogP contribution in [0.1, 0.15) is 32.1 Å². The molecule has 1 saturated carbocycles. The van der Waals surface area contributed by atoms with Crippen molar-refractivity contribution in [1.29, 1.82) is 0 Å². The fourth-order valence-electron chi connectivity index (χ4n) is 2.66. The van der Waals surface area contributed by atoms with Gasteiger partial charge in [-0.05, 0) is 51.6 Å². The summed E-state index contributed by atoms with van der Waals surface area (Å²) in [5.41, 5.74) is 0. The van der Waals surface area contributed by atoms with Gasteiger partial charge in [0, 0.05) is 26.2 Å². The van der Waals surface area contributed by atoms with Gasteiger partial charge in [0.25, 0.3) is 0 Å². The Morgan fingerprint density at radius 3 is 2.83 bits per heavy atom. The van der Waals surface area contributed by atoms with E-state index in [-0.39, 0.29) is 5.91 Å². The summed E-state index contributed by atoms with van der Waals surface area (Å²) in [5.74, 6) is 1.02. The SMILES string of the molecule is CN1CCCC(CCN(C)C(=O)CNC2CC2)C1. The summed E-state index contributed by atoms with van der Waals surface area (Å²) in [7, 11) is 4.13. The van der Waals surface area contributed by atoms with E-state index in [1.54, 1.807) is 0 Å². The van der Waals surface area contributed by atoms with Crippen LogP contribution in [0.25, 0.3) is 0 Å². The number of piperidine rings is 1. The first-order valence-corrected chi connectivity index (χ1v) is 7.31. The number of likely N-dealkylation sites (tertiary alicyclic amines) is 1. The first-order chi connectivity index (χ1) is 8.65. The van der Waals surface area contributed by atoms with Crippen molar-refractivity contribution >= 4 is 5.91 Å². The second-order valence-electron chi connectivity index (χ2n) is 6.03. The van der Waals surface area contributed by atoms with Gasteiger partial charge in [0.15, 0.2) is 0 Å². The van der Waals surface area contributed by atoms with E-state index in [4.69, 9.17) is 0 Å². The summed E-state index contributed by atoms with van der Waals surface area (Å²) in [6.45, 7) is 3.86. The predicted molar refractivity (Wildman–Crippen MR) is 73.5 cm³/mol. The molecule has 104 valence electrons. The molecular formula is C14H27N3O. The normalized spacial score (nSPS) is 25.1. The highest BCUT2D eigenvalue weighted by molar-refractivity contribution is 5.78. The van der Waals surface area contributed by atoms with Gasteiger partial charge in [-0.2, -0.15) is 0 Å². The molecular weight excluding hydrogens is 226 g/mol. The van der Waals surface area contributed by atoms with Crippen LogP contribution in [-0.4, -0.2) is 62.0 Å². The van der Waals surface area contributed by atoms with Crippen molar-refractivity contribution in [3.8, 4) is 0 Å². The van der Waals surface area contributed by atoms with Crippen molar-refractivity contribution < 1.29 is 4.79 Å². The fraction of sp³-hybridized carbons (Fsp3) is 0.929. The van der Waals surface area contributed by atoms with Gasteiger partial charge in [-0.15, -0.1) is 0 Å². The molecule has 1 aliphatic carbocycles. The van der Waals surface area contributed by atoms with E-state index in [9.17, 15) is 4.79 Å². The van der Waals surface area contributed by atoms with Gasteiger partial charge in [-0.3, -0.25) is 4.79 Å². The first-order valence-electron chi connectivity index (χ1n) is 7.31. The average Bonchev–Trinajstić information content (AvgIpc) is 3.17. The number of likely N-dealkylation sites (N-methyl/N-ethyl adjacent to an activating group) is 1. The quantitative estimate of drug-likeness (QED) is 0.765. The van der Waals surface area contributed by atoms with Crippen LogP contribution in [0.5, 0.6) is 0 Å². The van der Waals surface area contributed by atoms with E-state index in [2.05, 4.69) is 17.3 Å². The molecule has 0 aromatic rings.